The number of carboxylic acids is 1. The van der Waals surface area contributed by atoms with E-state index in [4.69, 9.17) is 4.74 Å². The molecule has 3 heteroatoms. The lowest BCUT2D eigenvalue weighted by Gasteiger charge is -2.38. The Kier molecular flexibility index (Phi) is 2.86. The average Bonchev–Trinajstić information content (AvgIpc) is 2.20. The van der Waals surface area contributed by atoms with Crippen molar-refractivity contribution >= 4 is 5.97 Å². The van der Waals surface area contributed by atoms with Crippen LogP contribution in [-0.4, -0.2) is 18.2 Å². The van der Waals surface area contributed by atoms with Crippen LogP contribution in [0.1, 0.15) is 36.0 Å². The standard InChI is InChI=1S/C14H18O3/c1-9-7-11(8-12(17-3)10(9)2)14(13(15)16)5-4-6-14/h7-8H,4-6H2,1-3H3,(H,15,16). The molecule has 1 aliphatic carbocycles. The molecule has 3 nitrogen and oxygen atoms in total. The van der Waals surface area contributed by atoms with Gasteiger partial charge in [-0.25, -0.2) is 0 Å². The number of carboxylic acid groups (broad SMARTS) is 1. The maximum Gasteiger partial charge on any atom is 0.314 e. The molecule has 1 aromatic carbocycles. The van der Waals surface area contributed by atoms with Crippen LogP contribution < -0.4 is 4.74 Å². The Morgan fingerprint density at radius 1 is 1.35 bits per heavy atom. The van der Waals surface area contributed by atoms with Crippen molar-refractivity contribution in [3.05, 3.63) is 28.8 Å². The van der Waals surface area contributed by atoms with Gasteiger partial charge in [0.15, 0.2) is 0 Å². The van der Waals surface area contributed by atoms with Crippen molar-refractivity contribution in [1.82, 2.24) is 0 Å². The summed E-state index contributed by atoms with van der Waals surface area (Å²) in [6, 6.07) is 3.88. The fraction of sp³-hybridized carbons (Fsp3) is 0.500. The number of ether oxygens (including phenoxy) is 1. The van der Waals surface area contributed by atoms with Gasteiger partial charge in [-0.05, 0) is 49.4 Å². The Hall–Kier alpha value is -1.51. The molecular weight excluding hydrogens is 216 g/mol. The van der Waals surface area contributed by atoms with Gasteiger partial charge in [-0.15, -0.1) is 0 Å². The van der Waals surface area contributed by atoms with E-state index in [1.165, 1.54) is 0 Å². The van der Waals surface area contributed by atoms with Gasteiger partial charge in [0.2, 0.25) is 0 Å². The summed E-state index contributed by atoms with van der Waals surface area (Å²) in [6.45, 7) is 3.99. The summed E-state index contributed by atoms with van der Waals surface area (Å²) < 4.78 is 5.32. The van der Waals surface area contributed by atoms with E-state index in [2.05, 4.69) is 0 Å². The summed E-state index contributed by atoms with van der Waals surface area (Å²) in [5, 5.41) is 9.42. The topological polar surface area (TPSA) is 46.5 Å². The van der Waals surface area contributed by atoms with Gasteiger partial charge in [0.1, 0.15) is 5.75 Å². The molecule has 1 aliphatic rings. The van der Waals surface area contributed by atoms with Gasteiger partial charge in [0.25, 0.3) is 0 Å². The van der Waals surface area contributed by atoms with Crippen molar-refractivity contribution in [2.24, 2.45) is 0 Å². The molecule has 92 valence electrons. The van der Waals surface area contributed by atoms with E-state index in [1.54, 1.807) is 7.11 Å². The third-order valence-electron chi connectivity index (χ3n) is 4.01. The minimum absolute atomic E-state index is 0.675. The third-order valence-corrected chi connectivity index (χ3v) is 4.01. The summed E-state index contributed by atoms with van der Waals surface area (Å²) in [5.74, 6) is 0.0709. The van der Waals surface area contributed by atoms with E-state index in [0.717, 1.165) is 41.7 Å². The minimum Gasteiger partial charge on any atom is -0.496 e. The second kappa shape index (κ2) is 4.06. The van der Waals surface area contributed by atoms with Crippen molar-refractivity contribution in [3.63, 3.8) is 0 Å². The first-order valence-electron chi connectivity index (χ1n) is 5.90. The lowest BCUT2D eigenvalue weighted by Crippen LogP contribution is -2.42. The predicted octanol–water partition coefficient (Wildman–Crippen LogP) is 2.82. The second-order valence-electron chi connectivity index (χ2n) is 4.86. The first kappa shape index (κ1) is 12.0. The third kappa shape index (κ3) is 1.70. The number of hydrogen-bond acceptors (Lipinski definition) is 2. The molecule has 0 bridgehead atoms. The molecule has 0 amide bonds. The van der Waals surface area contributed by atoms with Gasteiger partial charge in [0.05, 0.1) is 12.5 Å². The molecule has 0 atom stereocenters. The van der Waals surface area contributed by atoms with Crippen LogP contribution in [0.4, 0.5) is 0 Å². The molecule has 0 aromatic heterocycles. The number of aryl methyl sites for hydroxylation is 1. The number of benzene rings is 1. The largest absolute Gasteiger partial charge is 0.496 e. The number of aliphatic carboxylic acids is 1. The van der Waals surface area contributed by atoms with E-state index in [9.17, 15) is 9.90 Å². The highest BCUT2D eigenvalue weighted by atomic mass is 16.5. The lowest BCUT2D eigenvalue weighted by molar-refractivity contribution is -0.147. The van der Waals surface area contributed by atoms with Crippen LogP contribution in [0, 0.1) is 13.8 Å². The van der Waals surface area contributed by atoms with Crippen molar-refractivity contribution in [3.8, 4) is 5.75 Å². The van der Waals surface area contributed by atoms with Gasteiger partial charge >= 0.3 is 5.97 Å². The maximum absolute atomic E-state index is 11.5. The Morgan fingerprint density at radius 3 is 2.41 bits per heavy atom. The molecule has 0 spiro atoms. The molecule has 0 radical (unpaired) electrons. The van der Waals surface area contributed by atoms with Gasteiger partial charge in [-0.2, -0.15) is 0 Å². The minimum atomic E-state index is -0.714. The zero-order valence-corrected chi connectivity index (χ0v) is 10.5. The fourth-order valence-corrected chi connectivity index (χ4v) is 2.47. The van der Waals surface area contributed by atoms with Crippen LogP contribution in [0.25, 0.3) is 0 Å². The first-order valence-corrected chi connectivity index (χ1v) is 5.90. The first-order chi connectivity index (χ1) is 8.01. The fourth-order valence-electron chi connectivity index (χ4n) is 2.47. The molecule has 1 saturated carbocycles. The number of methoxy groups -OCH3 is 1. The lowest BCUT2D eigenvalue weighted by atomic mass is 9.64. The van der Waals surface area contributed by atoms with Crippen LogP contribution in [0.3, 0.4) is 0 Å². The summed E-state index contributed by atoms with van der Waals surface area (Å²) in [6.07, 6.45) is 2.45. The zero-order valence-electron chi connectivity index (χ0n) is 10.5. The van der Waals surface area contributed by atoms with Crippen molar-refractivity contribution < 1.29 is 14.6 Å². The van der Waals surface area contributed by atoms with Crippen molar-refractivity contribution in [2.75, 3.05) is 7.11 Å². The Labute approximate surface area is 101 Å². The molecule has 1 fully saturated rings. The van der Waals surface area contributed by atoms with E-state index in [-0.39, 0.29) is 0 Å². The molecule has 0 aliphatic heterocycles. The predicted molar refractivity (Wildman–Crippen MR) is 65.6 cm³/mol. The van der Waals surface area contributed by atoms with E-state index >= 15 is 0 Å². The van der Waals surface area contributed by atoms with Crippen LogP contribution in [0.2, 0.25) is 0 Å². The molecule has 0 heterocycles. The van der Waals surface area contributed by atoms with Crippen molar-refractivity contribution in [1.29, 1.82) is 0 Å². The monoisotopic (exact) mass is 234 g/mol. The summed E-state index contributed by atoms with van der Waals surface area (Å²) >= 11 is 0. The van der Waals surface area contributed by atoms with Crippen LogP contribution >= 0.6 is 0 Å². The zero-order chi connectivity index (χ0) is 12.6. The molecule has 2 rings (SSSR count). The summed E-state index contributed by atoms with van der Waals surface area (Å²) in [5.41, 5.74) is 2.38. The Bertz CT molecular complexity index is 459. The highest BCUT2D eigenvalue weighted by Gasteiger charge is 2.46. The number of carbonyl (C=O) groups is 1. The SMILES string of the molecule is COc1cc(C2(C(=O)O)CCC2)cc(C)c1C. The van der Waals surface area contributed by atoms with Crippen LogP contribution in [0.5, 0.6) is 5.75 Å². The van der Waals surface area contributed by atoms with Crippen LogP contribution in [-0.2, 0) is 10.2 Å². The molecule has 0 saturated heterocycles. The van der Waals surface area contributed by atoms with Crippen molar-refractivity contribution in [2.45, 2.75) is 38.5 Å². The quantitative estimate of drug-likeness (QED) is 0.874. The second-order valence-corrected chi connectivity index (χ2v) is 4.86. The van der Waals surface area contributed by atoms with Gasteiger partial charge in [-0.3, -0.25) is 4.79 Å². The van der Waals surface area contributed by atoms with Gasteiger partial charge in [0, 0.05) is 0 Å². The molecule has 1 aromatic rings. The summed E-state index contributed by atoms with van der Waals surface area (Å²) in [7, 11) is 1.62. The maximum atomic E-state index is 11.5. The Morgan fingerprint density at radius 2 is 2.00 bits per heavy atom. The molecular formula is C14H18O3. The number of rotatable bonds is 3. The number of hydrogen-bond donors (Lipinski definition) is 1. The summed E-state index contributed by atoms with van der Waals surface area (Å²) in [4.78, 5) is 11.5. The normalized spacial score (nSPS) is 17.4. The van der Waals surface area contributed by atoms with E-state index in [1.807, 2.05) is 26.0 Å². The van der Waals surface area contributed by atoms with Crippen LogP contribution in [0.15, 0.2) is 12.1 Å². The van der Waals surface area contributed by atoms with Gasteiger partial charge < -0.3 is 9.84 Å². The molecule has 1 N–H and O–H groups in total. The van der Waals surface area contributed by atoms with Gasteiger partial charge in [-0.1, -0.05) is 12.5 Å². The van der Waals surface area contributed by atoms with E-state index < -0.39 is 11.4 Å². The highest BCUT2D eigenvalue weighted by molar-refractivity contribution is 5.83. The smallest absolute Gasteiger partial charge is 0.314 e. The van der Waals surface area contributed by atoms with E-state index in [0.29, 0.717) is 0 Å². The highest BCUT2D eigenvalue weighted by Crippen LogP contribution is 2.45. The molecule has 0 unspecified atom stereocenters. The Balaban J connectivity index is 2.52. The average molecular weight is 234 g/mol. The molecule has 17 heavy (non-hydrogen) atoms.